The molecule has 0 radical (unpaired) electrons. The van der Waals surface area contributed by atoms with Crippen LogP contribution in [-0.2, 0) is 16.1 Å². The highest BCUT2D eigenvalue weighted by atomic mass is 16.5. The third kappa shape index (κ3) is 5.08. The van der Waals surface area contributed by atoms with Crippen molar-refractivity contribution in [1.82, 2.24) is 20.4 Å². The van der Waals surface area contributed by atoms with Gasteiger partial charge in [-0.1, -0.05) is 18.1 Å². The maximum Gasteiger partial charge on any atom is 0.239 e. The number of fused-ring (bicyclic) bond motifs is 1. The Labute approximate surface area is 172 Å². The lowest BCUT2D eigenvalue weighted by molar-refractivity contribution is -0.126. The van der Waals surface area contributed by atoms with Crippen LogP contribution in [-0.4, -0.2) is 73.5 Å². The Kier molecular flexibility index (Phi) is 7.13. The average Bonchev–Trinajstić information content (AvgIpc) is 3.10. The Morgan fingerprint density at radius 1 is 1.38 bits per heavy atom. The number of ether oxygens (including phenoxy) is 1. The topological polar surface area (TPSA) is 73.9 Å². The fourth-order valence-electron chi connectivity index (χ4n) is 4.33. The predicted octanol–water partition coefficient (Wildman–Crippen LogP) is 0.598. The van der Waals surface area contributed by atoms with Gasteiger partial charge in [-0.15, -0.1) is 6.42 Å². The van der Waals surface area contributed by atoms with Gasteiger partial charge in [-0.05, 0) is 37.6 Å². The van der Waals surface area contributed by atoms with Crippen molar-refractivity contribution in [2.75, 3.05) is 33.8 Å². The summed E-state index contributed by atoms with van der Waals surface area (Å²) in [6, 6.07) is 8.08. The van der Waals surface area contributed by atoms with Gasteiger partial charge in [0.05, 0.1) is 13.7 Å². The van der Waals surface area contributed by atoms with E-state index in [1.54, 1.807) is 7.11 Å². The monoisotopic (exact) mass is 398 g/mol. The smallest absolute Gasteiger partial charge is 0.239 e. The van der Waals surface area contributed by atoms with Gasteiger partial charge in [0.2, 0.25) is 11.8 Å². The number of likely N-dealkylation sites (N-methyl/N-ethyl adjacent to an activating group) is 1. The van der Waals surface area contributed by atoms with Crippen LogP contribution in [0, 0.1) is 12.3 Å². The number of amides is 2. The third-order valence-corrected chi connectivity index (χ3v) is 5.99. The van der Waals surface area contributed by atoms with Crippen LogP contribution in [0.1, 0.15) is 24.8 Å². The summed E-state index contributed by atoms with van der Waals surface area (Å²) in [7, 11) is 3.72. The van der Waals surface area contributed by atoms with Crippen molar-refractivity contribution >= 4 is 11.8 Å². The van der Waals surface area contributed by atoms with E-state index in [9.17, 15) is 9.59 Å². The van der Waals surface area contributed by atoms with Crippen LogP contribution >= 0.6 is 0 Å². The van der Waals surface area contributed by atoms with E-state index in [2.05, 4.69) is 33.4 Å². The number of carbonyl (C=O) groups excluding carboxylic acids is 2. The molecule has 2 N–H and O–H groups in total. The molecule has 0 bridgehead atoms. The number of likely N-dealkylation sites (tertiary alicyclic amines) is 1. The summed E-state index contributed by atoms with van der Waals surface area (Å²) < 4.78 is 5.22. The number of terminal acetylenes is 1. The van der Waals surface area contributed by atoms with Gasteiger partial charge in [0.15, 0.2) is 0 Å². The van der Waals surface area contributed by atoms with Crippen molar-refractivity contribution in [2.24, 2.45) is 0 Å². The molecule has 0 saturated carbocycles. The lowest BCUT2D eigenvalue weighted by Crippen LogP contribution is -2.49. The van der Waals surface area contributed by atoms with Crippen LogP contribution in [0.25, 0.3) is 0 Å². The second-order valence-corrected chi connectivity index (χ2v) is 7.70. The summed E-state index contributed by atoms with van der Waals surface area (Å²) in [5.74, 6) is 3.27. The highest BCUT2D eigenvalue weighted by Crippen LogP contribution is 2.28. The quantitative estimate of drug-likeness (QED) is 0.658. The second-order valence-electron chi connectivity index (χ2n) is 7.70. The summed E-state index contributed by atoms with van der Waals surface area (Å²) in [5.41, 5.74) is 1.16. The zero-order valence-corrected chi connectivity index (χ0v) is 17.2. The van der Waals surface area contributed by atoms with Crippen molar-refractivity contribution in [3.05, 3.63) is 29.8 Å². The minimum absolute atomic E-state index is 0.0453. The number of nitrogens with zero attached hydrogens (tertiary/aromatic N) is 2. The minimum Gasteiger partial charge on any atom is -0.497 e. The van der Waals surface area contributed by atoms with Crippen LogP contribution in [0.4, 0.5) is 0 Å². The second kappa shape index (κ2) is 9.77. The number of methoxy groups -OCH3 is 1. The van der Waals surface area contributed by atoms with E-state index in [0.717, 1.165) is 30.8 Å². The Morgan fingerprint density at radius 3 is 2.83 bits per heavy atom. The van der Waals surface area contributed by atoms with E-state index in [1.807, 2.05) is 24.3 Å². The van der Waals surface area contributed by atoms with Crippen LogP contribution in [0.5, 0.6) is 5.75 Å². The first-order chi connectivity index (χ1) is 14.0. The molecule has 156 valence electrons. The van der Waals surface area contributed by atoms with E-state index in [-0.39, 0.29) is 36.5 Å². The number of hydrogen-bond donors (Lipinski definition) is 2. The van der Waals surface area contributed by atoms with Crippen molar-refractivity contribution < 1.29 is 14.3 Å². The Balaban J connectivity index is 1.63. The van der Waals surface area contributed by atoms with Crippen molar-refractivity contribution in [3.63, 3.8) is 0 Å². The third-order valence-electron chi connectivity index (χ3n) is 5.99. The molecule has 3 unspecified atom stereocenters. The average molecular weight is 399 g/mol. The minimum atomic E-state index is -0.178. The van der Waals surface area contributed by atoms with E-state index in [4.69, 9.17) is 11.2 Å². The molecule has 1 aromatic rings. The fourth-order valence-corrected chi connectivity index (χ4v) is 4.33. The molecule has 7 heteroatoms. The van der Waals surface area contributed by atoms with Crippen molar-refractivity contribution in [2.45, 2.75) is 43.9 Å². The van der Waals surface area contributed by atoms with Gasteiger partial charge < -0.3 is 15.4 Å². The Hall–Kier alpha value is -2.56. The highest BCUT2D eigenvalue weighted by molar-refractivity contribution is 5.83. The van der Waals surface area contributed by atoms with Gasteiger partial charge >= 0.3 is 0 Å². The maximum absolute atomic E-state index is 12.9. The Morgan fingerprint density at radius 2 is 2.14 bits per heavy atom. The summed E-state index contributed by atoms with van der Waals surface area (Å²) in [4.78, 5) is 29.3. The van der Waals surface area contributed by atoms with Crippen molar-refractivity contribution in [1.29, 1.82) is 0 Å². The molecule has 2 aliphatic heterocycles. The van der Waals surface area contributed by atoms with Crippen LogP contribution < -0.4 is 15.4 Å². The summed E-state index contributed by atoms with van der Waals surface area (Å²) in [5, 5.41) is 5.79. The molecule has 2 fully saturated rings. The van der Waals surface area contributed by atoms with E-state index in [0.29, 0.717) is 19.4 Å². The van der Waals surface area contributed by atoms with E-state index in [1.165, 1.54) is 0 Å². The molecule has 0 spiro atoms. The molecule has 0 aliphatic carbocycles. The normalized spacial score (nSPS) is 24.9. The molecule has 3 rings (SSSR count). The molecular weight excluding hydrogens is 368 g/mol. The molecular formula is C22H30N4O3. The number of rotatable bonds is 7. The SMILES string of the molecule is C#CCNC(=O)CCC1CNC(=O)C2C(CCN2Cc2ccc(OC)cc2)N1C. The number of nitrogens with one attached hydrogen (secondary N) is 2. The van der Waals surface area contributed by atoms with Crippen LogP contribution in [0.2, 0.25) is 0 Å². The molecule has 0 aromatic heterocycles. The summed E-state index contributed by atoms with van der Waals surface area (Å²) in [6.07, 6.45) is 7.21. The predicted molar refractivity (Wildman–Crippen MR) is 111 cm³/mol. The van der Waals surface area contributed by atoms with Gasteiger partial charge in [-0.3, -0.25) is 19.4 Å². The molecule has 2 saturated heterocycles. The van der Waals surface area contributed by atoms with Gasteiger partial charge in [0.1, 0.15) is 11.8 Å². The first-order valence-corrected chi connectivity index (χ1v) is 10.1. The Bertz CT molecular complexity index is 758. The number of hydrogen-bond acceptors (Lipinski definition) is 5. The standard InChI is InChI=1S/C22H30N4O3/c1-4-12-23-20(27)10-7-17-14-24-22(28)21-19(25(17)2)11-13-26(21)15-16-5-8-18(29-3)9-6-16/h1,5-6,8-9,17,19,21H,7,10-15H2,2-3H3,(H,23,27)(H,24,28). The fraction of sp³-hybridized carbons (Fsp3) is 0.545. The number of carbonyl (C=O) groups is 2. The first kappa shape index (κ1) is 21.2. The lowest BCUT2D eigenvalue weighted by atomic mass is 10.0. The lowest BCUT2D eigenvalue weighted by Gasteiger charge is -2.33. The zero-order chi connectivity index (χ0) is 20.8. The van der Waals surface area contributed by atoms with Crippen LogP contribution in [0.15, 0.2) is 24.3 Å². The van der Waals surface area contributed by atoms with Crippen molar-refractivity contribution in [3.8, 4) is 18.1 Å². The molecule has 2 amide bonds. The van der Waals surface area contributed by atoms with E-state index < -0.39 is 0 Å². The molecule has 2 heterocycles. The molecule has 2 aliphatic rings. The van der Waals surface area contributed by atoms with Gasteiger partial charge in [0, 0.05) is 38.1 Å². The molecule has 7 nitrogen and oxygen atoms in total. The van der Waals surface area contributed by atoms with Gasteiger partial charge in [-0.2, -0.15) is 0 Å². The van der Waals surface area contributed by atoms with Gasteiger partial charge in [0.25, 0.3) is 0 Å². The molecule has 3 atom stereocenters. The summed E-state index contributed by atoms with van der Waals surface area (Å²) in [6.45, 7) is 2.41. The van der Waals surface area contributed by atoms with Crippen LogP contribution in [0.3, 0.4) is 0 Å². The van der Waals surface area contributed by atoms with Gasteiger partial charge in [-0.25, -0.2) is 0 Å². The maximum atomic E-state index is 12.9. The molecule has 1 aromatic carbocycles. The highest BCUT2D eigenvalue weighted by Gasteiger charge is 2.44. The van der Waals surface area contributed by atoms with E-state index >= 15 is 0 Å². The largest absolute Gasteiger partial charge is 0.497 e. The first-order valence-electron chi connectivity index (χ1n) is 10.1. The molecule has 29 heavy (non-hydrogen) atoms. The zero-order valence-electron chi connectivity index (χ0n) is 17.2. The number of benzene rings is 1. The summed E-state index contributed by atoms with van der Waals surface area (Å²) >= 11 is 0.